The summed E-state index contributed by atoms with van der Waals surface area (Å²) in [5.41, 5.74) is 2.43. The molecular formula is C17H26F3N3O. The minimum atomic E-state index is -4.27. The molecule has 0 unspecified atom stereocenters. The van der Waals surface area contributed by atoms with E-state index in [0.717, 1.165) is 6.42 Å². The third-order valence-corrected chi connectivity index (χ3v) is 3.27. The molecule has 0 spiro atoms. The topological polar surface area (TPSA) is 45.7 Å². The molecule has 0 fully saturated rings. The minimum Gasteiger partial charge on any atom is -0.372 e. The second-order valence-electron chi connectivity index (χ2n) is 5.27. The Balaban J connectivity index is 2.40. The Morgan fingerprint density at radius 2 is 1.83 bits per heavy atom. The molecule has 0 heterocycles. The average molecular weight is 345 g/mol. The highest BCUT2D eigenvalue weighted by molar-refractivity contribution is 5.79. The van der Waals surface area contributed by atoms with E-state index in [1.807, 2.05) is 19.1 Å². The van der Waals surface area contributed by atoms with Gasteiger partial charge in [0.2, 0.25) is 0 Å². The number of hydrogen-bond acceptors (Lipinski definition) is 2. The molecule has 1 rings (SSSR count). The third-order valence-electron chi connectivity index (χ3n) is 3.27. The standard InChI is InChI=1S/C17H26F3N3O/c1-3-14-8-5-6-9-15(14)12-23-16(21-4-2)22-10-7-11-24-13-17(18,19)20/h5-6,8-9H,3-4,7,10-13H2,1-2H3,(H2,21,22,23). The Morgan fingerprint density at radius 3 is 2.46 bits per heavy atom. The number of nitrogens with zero attached hydrogens (tertiary/aromatic N) is 1. The van der Waals surface area contributed by atoms with E-state index in [9.17, 15) is 13.2 Å². The normalized spacial score (nSPS) is 12.3. The van der Waals surface area contributed by atoms with Gasteiger partial charge >= 0.3 is 6.18 Å². The summed E-state index contributed by atoms with van der Waals surface area (Å²) in [5, 5.41) is 6.23. The summed E-state index contributed by atoms with van der Waals surface area (Å²) in [5.74, 6) is 0.652. The van der Waals surface area contributed by atoms with Crippen LogP contribution in [-0.2, 0) is 17.7 Å². The van der Waals surface area contributed by atoms with Crippen molar-refractivity contribution < 1.29 is 17.9 Å². The molecule has 4 nitrogen and oxygen atoms in total. The van der Waals surface area contributed by atoms with Gasteiger partial charge < -0.3 is 15.4 Å². The predicted molar refractivity (Wildman–Crippen MR) is 90.1 cm³/mol. The van der Waals surface area contributed by atoms with Crippen molar-refractivity contribution in [3.05, 3.63) is 35.4 Å². The molecule has 7 heteroatoms. The van der Waals surface area contributed by atoms with Crippen LogP contribution in [0, 0.1) is 0 Å². The summed E-state index contributed by atoms with van der Waals surface area (Å²) in [6.07, 6.45) is -2.84. The Hall–Kier alpha value is -1.76. The molecule has 2 N–H and O–H groups in total. The summed E-state index contributed by atoms with van der Waals surface area (Å²) in [6.45, 7) is 4.70. The van der Waals surface area contributed by atoms with Crippen LogP contribution in [0.4, 0.5) is 13.2 Å². The van der Waals surface area contributed by atoms with Crippen LogP contribution < -0.4 is 10.6 Å². The molecule has 0 aromatic heterocycles. The fraction of sp³-hybridized carbons (Fsp3) is 0.588. The zero-order chi connectivity index (χ0) is 17.8. The first kappa shape index (κ1) is 20.3. The minimum absolute atomic E-state index is 0.0601. The summed E-state index contributed by atoms with van der Waals surface area (Å²) in [7, 11) is 0. The lowest BCUT2D eigenvalue weighted by Gasteiger charge is -2.12. The van der Waals surface area contributed by atoms with Gasteiger partial charge in [0.25, 0.3) is 0 Å². The lowest BCUT2D eigenvalue weighted by molar-refractivity contribution is -0.173. The van der Waals surface area contributed by atoms with Crippen LogP contribution in [0.3, 0.4) is 0 Å². The number of nitrogens with one attached hydrogen (secondary N) is 2. The molecule has 0 saturated heterocycles. The molecule has 24 heavy (non-hydrogen) atoms. The van der Waals surface area contributed by atoms with Gasteiger partial charge in [-0.25, -0.2) is 4.99 Å². The molecule has 136 valence electrons. The largest absolute Gasteiger partial charge is 0.411 e. The van der Waals surface area contributed by atoms with Gasteiger partial charge in [-0.15, -0.1) is 0 Å². The number of alkyl halides is 3. The number of aliphatic imine (C=N–C) groups is 1. The van der Waals surface area contributed by atoms with E-state index >= 15 is 0 Å². The van der Waals surface area contributed by atoms with Crippen molar-refractivity contribution in [2.75, 3.05) is 26.3 Å². The van der Waals surface area contributed by atoms with E-state index < -0.39 is 12.8 Å². The third kappa shape index (κ3) is 8.76. The van der Waals surface area contributed by atoms with Crippen LogP contribution in [0.5, 0.6) is 0 Å². The summed E-state index contributed by atoms with van der Waals surface area (Å²) >= 11 is 0. The predicted octanol–water partition coefficient (Wildman–Crippen LogP) is 3.27. The molecule has 1 aromatic rings. The Kier molecular flexibility index (Phi) is 9.22. The number of hydrogen-bond donors (Lipinski definition) is 2. The van der Waals surface area contributed by atoms with Gasteiger partial charge in [-0.3, -0.25) is 0 Å². The van der Waals surface area contributed by atoms with Crippen molar-refractivity contribution in [3.8, 4) is 0 Å². The molecule has 0 aliphatic rings. The van der Waals surface area contributed by atoms with Gasteiger partial charge in [-0.05, 0) is 30.9 Å². The molecule has 0 bridgehead atoms. The van der Waals surface area contributed by atoms with E-state index in [-0.39, 0.29) is 6.61 Å². The van der Waals surface area contributed by atoms with Crippen molar-refractivity contribution in [2.24, 2.45) is 4.99 Å². The van der Waals surface area contributed by atoms with Crippen LogP contribution in [0.15, 0.2) is 29.3 Å². The van der Waals surface area contributed by atoms with E-state index in [4.69, 9.17) is 0 Å². The average Bonchev–Trinajstić information content (AvgIpc) is 2.54. The van der Waals surface area contributed by atoms with Crippen molar-refractivity contribution >= 4 is 5.96 Å². The first-order valence-corrected chi connectivity index (χ1v) is 8.19. The second kappa shape index (κ2) is 10.9. The number of benzene rings is 1. The molecule has 0 amide bonds. The monoisotopic (exact) mass is 345 g/mol. The maximum atomic E-state index is 11.9. The van der Waals surface area contributed by atoms with Crippen molar-refractivity contribution in [1.82, 2.24) is 10.6 Å². The smallest absolute Gasteiger partial charge is 0.372 e. The number of rotatable bonds is 9. The van der Waals surface area contributed by atoms with Gasteiger partial charge in [-0.1, -0.05) is 31.2 Å². The van der Waals surface area contributed by atoms with Crippen molar-refractivity contribution in [1.29, 1.82) is 0 Å². The van der Waals surface area contributed by atoms with Crippen LogP contribution in [0.2, 0.25) is 0 Å². The highest BCUT2D eigenvalue weighted by Gasteiger charge is 2.27. The van der Waals surface area contributed by atoms with Gasteiger partial charge in [0.05, 0.1) is 6.54 Å². The van der Waals surface area contributed by atoms with E-state index in [0.29, 0.717) is 32.0 Å². The Morgan fingerprint density at radius 1 is 1.12 bits per heavy atom. The van der Waals surface area contributed by atoms with Gasteiger partial charge in [-0.2, -0.15) is 13.2 Å². The summed E-state index contributed by atoms with van der Waals surface area (Å²) in [6, 6.07) is 8.14. The number of ether oxygens (including phenoxy) is 1. The first-order valence-electron chi connectivity index (χ1n) is 8.19. The fourth-order valence-corrected chi connectivity index (χ4v) is 2.13. The van der Waals surface area contributed by atoms with E-state index in [2.05, 4.69) is 39.4 Å². The highest BCUT2D eigenvalue weighted by atomic mass is 19.4. The van der Waals surface area contributed by atoms with Crippen LogP contribution in [0.25, 0.3) is 0 Å². The Bertz CT molecular complexity index is 504. The molecular weight excluding hydrogens is 319 g/mol. The van der Waals surface area contributed by atoms with Gasteiger partial charge in [0, 0.05) is 19.7 Å². The molecule has 0 radical (unpaired) electrons. The van der Waals surface area contributed by atoms with E-state index in [1.54, 1.807) is 0 Å². The summed E-state index contributed by atoms with van der Waals surface area (Å²) < 4.78 is 40.4. The summed E-state index contributed by atoms with van der Waals surface area (Å²) in [4.78, 5) is 4.52. The number of halogens is 3. The lowest BCUT2D eigenvalue weighted by atomic mass is 10.1. The van der Waals surface area contributed by atoms with Crippen LogP contribution in [-0.4, -0.2) is 38.4 Å². The zero-order valence-electron chi connectivity index (χ0n) is 14.2. The van der Waals surface area contributed by atoms with Gasteiger partial charge in [0.1, 0.15) is 6.61 Å². The molecule has 0 aliphatic carbocycles. The Labute approximate surface area is 141 Å². The van der Waals surface area contributed by atoms with E-state index in [1.165, 1.54) is 11.1 Å². The molecule has 0 aliphatic heterocycles. The zero-order valence-corrected chi connectivity index (χ0v) is 14.2. The van der Waals surface area contributed by atoms with Crippen molar-refractivity contribution in [3.63, 3.8) is 0 Å². The maximum Gasteiger partial charge on any atom is 0.411 e. The first-order chi connectivity index (χ1) is 11.5. The quantitative estimate of drug-likeness (QED) is 0.410. The SMILES string of the molecule is CCNC(=NCc1ccccc1CC)NCCCOCC(F)(F)F. The molecule has 1 aromatic carbocycles. The number of aryl methyl sites for hydroxylation is 1. The second-order valence-corrected chi connectivity index (χ2v) is 5.27. The van der Waals surface area contributed by atoms with Crippen molar-refractivity contribution in [2.45, 2.75) is 39.4 Å². The number of guanidine groups is 1. The van der Waals surface area contributed by atoms with Crippen LogP contribution >= 0.6 is 0 Å². The fourth-order valence-electron chi connectivity index (χ4n) is 2.13. The highest BCUT2D eigenvalue weighted by Crippen LogP contribution is 2.14. The molecule has 0 saturated carbocycles. The van der Waals surface area contributed by atoms with Gasteiger partial charge in [0.15, 0.2) is 5.96 Å². The lowest BCUT2D eigenvalue weighted by Crippen LogP contribution is -2.38. The molecule has 0 atom stereocenters. The maximum absolute atomic E-state index is 11.9. The van der Waals surface area contributed by atoms with Crippen LogP contribution in [0.1, 0.15) is 31.4 Å².